The van der Waals surface area contributed by atoms with Gasteiger partial charge in [0, 0.05) is 20.1 Å². The molecule has 0 aromatic heterocycles. The highest BCUT2D eigenvalue weighted by molar-refractivity contribution is 7.90. The van der Waals surface area contributed by atoms with Crippen molar-refractivity contribution in [2.75, 3.05) is 24.9 Å². The van der Waals surface area contributed by atoms with Crippen LogP contribution in [0.2, 0.25) is 0 Å². The van der Waals surface area contributed by atoms with Gasteiger partial charge >= 0.3 is 10.2 Å². The molecule has 124 valence electrons. The van der Waals surface area contributed by atoms with Crippen LogP contribution in [0.3, 0.4) is 0 Å². The topological polar surface area (TPSA) is 69.7 Å². The Kier molecular flexibility index (Phi) is 6.83. The third-order valence-electron chi connectivity index (χ3n) is 3.20. The first-order valence-electron chi connectivity index (χ1n) is 7.33. The van der Waals surface area contributed by atoms with E-state index in [4.69, 9.17) is 0 Å². The summed E-state index contributed by atoms with van der Waals surface area (Å²) >= 11 is 0. The Morgan fingerprint density at radius 1 is 1.23 bits per heavy atom. The minimum Gasteiger partial charge on any atom is -0.352 e. The largest absolute Gasteiger partial charge is 0.352 e. The molecule has 0 aliphatic rings. The summed E-state index contributed by atoms with van der Waals surface area (Å²) in [5.74, 6) is -0.310. The van der Waals surface area contributed by atoms with E-state index < -0.39 is 10.2 Å². The third kappa shape index (κ3) is 4.99. The van der Waals surface area contributed by atoms with Crippen LogP contribution in [0.25, 0.3) is 0 Å². The minimum absolute atomic E-state index is 0.0252. The molecule has 1 rings (SSSR count). The zero-order chi connectivity index (χ0) is 16.8. The number of amides is 1. The Bertz CT molecular complexity index is 573. The average Bonchev–Trinajstić information content (AvgIpc) is 2.45. The summed E-state index contributed by atoms with van der Waals surface area (Å²) in [6.45, 7) is 3.71. The van der Waals surface area contributed by atoms with Crippen LogP contribution in [0, 0.1) is 0 Å². The van der Waals surface area contributed by atoms with Gasteiger partial charge in [-0.1, -0.05) is 31.5 Å². The highest BCUT2D eigenvalue weighted by Gasteiger charge is 2.27. The molecule has 1 aromatic rings. The van der Waals surface area contributed by atoms with E-state index in [2.05, 4.69) is 5.32 Å². The van der Waals surface area contributed by atoms with E-state index in [0.29, 0.717) is 5.69 Å². The predicted octanol–water partition coefficient (Wildman–Crippen LogP) is 1.60. The molecule has 6 nitrogen and oxygen atoms in total. The van der Waals surface area contributed by atoms with Crippen molar-refractivity contribution in [3.05, 3.63) is 30.3 Å². The van der Waals surface area contributed by atoms with Crippen molar-refractivity contribution >= 4 is 21.8 Å². The Hall–Kier alpha value is -1.60. The number of nitrogens with one attached hydrogen (secondary N) is 1. The van der Waals surface area contributed by atoms with Gasteiger partial charge in [0.2, 0.25) is 5.91 Å². The van der Waals surface area contributed by atoms with Crippen molar-refractivity contribution in [3.63, 3.8) is 0 Å². The molecule has 0 aliphatic heterocycles. The molecule has 0 aliphatic carbocycles. The quantitative estimate of drug-likeness (QED) is 0.788. The average molecular weight is 327 g/mol. The molecule has 0 bridgehead atoms. The van der Waals surface area contributed by atoms with E-state index in [0.717, 1.165) is 21.5 Å². The molecule has 0 radical (unpaired) electrons. The van der Waals surface area contributed by atoms with E-state index in [-0.39, 0.29) is 18.5 Å². The number of anilines is 1. The number of hydrogen-bond donors (Lipinski definition) is 1. The lowest BCUT2D eigenvalue weighted by atomic mass is 10.2. The van der Waals surface area contributed by atoms with Crippen molar-refractivity contribution in [1.82, 2.24) is 9.62 Å². The highest BCUT2D eigenvalue weighted by Crippen LogP contribution is 2.18. The first-order valence-corrected chi connectivity index (χ1v) is 8.73. The molecule has 1 amide bonds. The summed E-state index contributed by atoms with van der Waals surface area (Å²) in [5.41, 5.74) is 0.467. The van der Waals surface area contributed by atoms with Gasteiger partial charge in [0.15, 0.2) is 0 Å². The molecule has 0 saturated carbocycles. The summed E-state index contributed by atoms with van der Waals surface area (Å²) < 4.78 is 27.1. The van der Waals surface area contributed by atoms with Gasteiger partial charge in [0.05, 0.1) is 5.69 Å². The Morgan fingerprint density at radius 2 is 1.82 bits per heavy atom. The second-order valence-corrected chi connectivity index (χ2v) is 7.46. The molecular formula is C15H25N3O3S. The van der Waals surface area contributed by atoms with Crippen LogP contribution in [0.1, 0.15) is 26.7 Å². The molecule has 7 heteroatoms. The fourth-order valence-electron chi connectivity index (χ4n) is 2.05. The molecule has 1 atom stereocenters. The van der Waals surface area contributed by atoms with E-state index in [1.807, 2.05) is 13.8 Å². The lowest BCUT2D eigenvalue weighted by Gasteiger charge is -2.27. The zero-order valence-electron chi connectivity index (χ0n) is 13.6. The monoisotopic (exact) mass is 327 g/mol. The minimum atomic E-state index is -3.73. The van der Waals surface area contributed by atoms with Gasteiger partial charge in [0.25, 0.3) is 0 Å². The van der Waals surface area contributed by atoms with E-state index >= 15 is 0 Å². The van der Waals surface area contributed by atoms with Crippen LogP contribution in [0.15, 0.2) is 30.3 Å². The summed E-state index contributed by atoms with van der Waals surface area (Å²) in [6, 6.07) is 8.65. The maximum Gasteiger partial charge on any atom is 0.304 e. The molecule has 22 heavy (non-hydrogen) atoms. The number of rotatable bonds is 8. The van der Waals surface area contributed by atoms with Crippen LogP contribution >= 0.6 is 0 Å². The standard InChI is InChI=1S/C15H25N3O3S/c1-5-9-13(2)16-15(19)12-18(22(20,21)17(3)4)14-10-7-6-8-11-14/h6-8,10-11,13H,5,9,12H2,1-4H3,(H,16,19). The lowest BCUT2D eigenvalue weighted by Crippen LogP contribution is -2.47. The lowest BCUT2D eigenvalue weighted by molar-refractivity contribution is -0.120. The van der Waals surface area contributed by atoms with E-state index in [1.165, 1.54) is 14.1 Å². The van der Waals surface area contributed by atoms with Crippen molar-refractivity contribution in [3.8, 4) is 0 Å². The van der Waals surface area contributed by atoms with Crippen molar-refractivity contribution in [2.45, 2.75) is 32.7 Å². The Morgan fingerprint density at radius 3 is 2.32 bits per heavy atom. The number of carbonyl (C=O) groups is 1. The molecule has 1 unspecified atom stereocenters. The van der Waals surface area contributed by atoms with Crippen LogP contribution in [-0.2, 0) is 15.0 Å². The maximum atomic E-state index is 12.4. The van der Waals surface area contributed by atoms with Gasteiger partial charge in [-0.25, -0.2) is 4.31 Å². The highest BCUT2D eigenvalue weighted by atomic mass is 32.2. The normalized spacial score (nSPS) is 13.0. The van der Waals surface area contributed by atoms with Gasteiger partial charge in [-0.3, -0.25) is 4.79 Å². The summed E-state index contributed by atoms with van der Waals surface area (Å²) in [4.78, 5) is 12.1. The third-order valence-corrected chi connectivity index (χ3v) is 5.02. The van der Waals surface area contributed by atoms with Crippen molar-refractivity contribution in [1.29, 1.82) is 0 Å². The van der Waals surface area contributed by atoms with Gasteiger partial charge in [-0.15, -0.1) is 0 Å². The summed E-state index contributed by atoms with van der Waals surface area (Å²) in [6.07, 6.45) is 1.82. The zero-order valence-corrected chi connectivity index (χ0v) is 14.4. The van der Waals surface area contributed by atoms with Crippen LogP contribution < -0.4 is 9.62 Å². The molecule has 0 fully saturated rings. The van der Waals surface area contributed by atoms with Crippen LogP contribution in [0.4, 0.5) is 5.69 Å². The van der Waals surface area contributed by atoms with Gasteiger partial charge < -0.3 is 5.32 Å². The van der Waals surface area contributed by atoms with Gasteiger partial charge in [-0.2, -0.15) is 12.7 Å². The molecule has 1 N–H and O–H groups in total. The smallest absolute Gasteiger partial charge is 0.304 e. The number of carbonyl (C=O) groups excluding carboxylic acids is 1. The van der Waals surface area contributed by atoms with E-state index in [1.54, 1.807) is 30.3 Å². The summed E-state index contributed by atoms with van der Waals surface area (Å²) in [5, 5.41) is 2.83. The van der Waals surface area contributed by atoms with Crippen molar-refractivity contribution < 1.29 is 13.2 Å². The van der Waals surface area contributed by atoms with Crippen LogP contribution in [0.5, 0.6) is 0 Å². The number of benzene rings is 1. The number of nitrogens with zero attached hydrogens (tertiary/aromatic N) is 2. The molecule has 0 heterocycles. The van der Waals surface area contributed by atoms with E-state index in [9.17, 15) is 13.2 Å². The second kappa shape index (κ2) is 8.14. The van der Waals surface area contributed by atoms with Gasteiger partial charge in [-0.05, 0) is 25.5 Å². The van der Waals surface area contributed by atoms with Gasteiger partial charge in [0.1, 0.15) is 6.54 Å². The molecular weight excluding hydrogens is 302 g/mol. The van der Waals surface area contributed by atoms with Crippen LogP contribution in [-0.4, -0.2) is 45.3 Å². The fraction of sp³-hybridized carbons (Fsp3) is 0.533. The first-order chi connectivity index (χ1) is 10.3. The fourth-order valence-corrected chi connectivity index (χ4v) is 3.12. The molecule has 0 saturated heterocycles. The SMILES string of the molecule is CCCC(C)NC(=O)CN(c1ccccc1)S(=O)(=O)N(C)C. The predicted molar refractivity (Wildman–Crippen MR) is 88.9 cm³/mol. The first kappa shape index (κ1) is 18.4. The Balaban J connectivity index is 2.96. The number of hydrogen-bond acceptors (Lipinski definition) is 3. The van der Waals surface area contributed by atoms with Crippen molar-refractivity contribution in [2.24, 2.45) is 0 Å². The summed E-state index contributed by atoms with van der Waals surface area (Å²) in [7, 11) is -0.835. The molecule has 1 aromatic carbocycles. The molecule has 0 spiro atoms. The second-order valence-electron chi connectivity index (χ2n) is 5.39. The number of para-hydroxylation sites is 1. The maximum absolute atomic E-state index is 12.4. The Labute approximate surface area is 133 Å².